The summed E-state index contributed by atoms with van der Waals surface area (Å²) in [5, 5.41) is 10.5. The Kier molecular flexibility index (Phi) is 6.11. The fourth-order valence-corrected chi connectivity index (χ4v) is 4.98. The highest BCUT2D eigenvalue weighted by molar-refractivity contribution is 7.89. The molecule has 2 N–H and O–H groups in total. The highest BCUT2D eigenvalue weighted by Crippen LogP contribution is 2.37. The number of esters is 1. The van der Waals surface area contributed by atoms with Gasteiger partial charge in [0.2, 0.25) is 10.0 Å². The van der Waals surface area contributed by atoms with E-state index in [1.165, 1.54) is 35.3 Å². The second-order valence-corrected chi connectivity index (χ2v) is 10.1. The molecule has 0 spiro atoms. The second kappa shape index (κ2) is 8.68. The van der Waals surface area contributed by atoms with Gasteiger partial charge in [-0.05, 0) is 48.0 Å². The van der Waals surface area contributed by atoms with E-state index >= 15 is 0 Å². The molecule has 0 radical (unpaired) electrons. The van der Waals surface area contributed by atoms with Crippen LogP contribution < -0.4 is 5.14 Å². The Labute approximate surface area is 198 Å². The average molecular weight is 508 g/mol. The highest BCUT2D eigenvalue weighted by atomic mass is 35.5. The second-order valence-electron chi connectivity index (χ2n) is 6.65. The van der Waals surface area contributed by atoms with Gasteiger partial charge in [0.1, 0.15) is 0 Å². The number of nitrogens with two attached hydrogens (primary N) is 1. The van der Waals surface area contributed by atoms with E-state index in [2.05, 4.69) is 5.10 Å². The largest absolute Gasteiger partial charge is 0.464 e. The number of ether oxygens (including phenoxy) is 1. The zero-order chi connectivity index (χ0) is 23.0. The van der Waals surface area contributed by atoms with Crippen LogP contribution in [0.25, 0.3) is 26.7 Å². The lowest BCUT2D eigenvalue weighted by molar-refractivity contribution is 0.0593. The summed E-state index contributed by atoms with van der Waals surface area (Å²) in [5.74, 6) is -0.596. The number of hydrogen-bond donors (Lipinski definition) is 1. The summed E-state index contributed by atoms with van der Waals surface area (Å²) >= 11 is 13.9. The average Bonchev–Trinajstić information content (AvgIpc) is 3.42. The summed E-state index contributed by atoms with van der Waals surface area (Å²) in [6.07, 6.45) is 0. The van der Waals surface area contributed by atoms with Crippen LogP contribution in [0.5, 0.6) is 0 Å². The first-order valence-corrected chi connectivity index (χ1v) is 12.2. The number of sulfonamides is 1. The molecule has 11 heteroatoms. The molecule has 32 heavy (non-hydrogen) atoms. The molecule has 2 aromatic carbocycles. The van der Waals surface area contributed by atoms with Gasteiger partial charge in [0.15, 0.2) is 5.69 Å². The lowest BCUT2D eigenvalue weighted by Crippen LogP contribution is -2.11. The number of rotatable bonds is 5. The van der Waals surface area contributed by atoms with Gasteiger partial charge in [-0.15, -0.1) is 11.3 Å². The van der Waals surface area contributed by atoms with Crippen molar-refractivity contribution in [2.24, 2.45) is 5.14 Å². The quantitative estimate of drug-likeness (QED) is 0.382. The Morgan fingerprint density at radius 1 is 1.06 bits per heavy atom. The van der Waals surface area contributed by atoms with Gasteiger partial charge in [0, 0.05) is 16.0 Å². The molecule has 0 amide bonds. The van der Waals surface area contributed by atoms with Crippen LogP contribution in [0.15, 0.2) is 65.6 Å². The van der Waals surface area contributed by atoms with Gasteiger partial charge in [-0.3, -0.25) is 0 Å². The number of aromatic nitrogens is 2. The minimum Gasteiger partial charge on any atom is -0.464 e. The van der Waals surface area contributed by atoms with Crippen LogP contribution in [0.3, 0.4) is 0 Å². The molecule has 0 aliphatic heterocycles. The Morgan fingerprint density at radius 3 is 2.53 bits per heavy atom. The van der Waals surface area contributed by atoms with Gasteiger partial charge in [0.25, 0.3) is 0 Å². The van der Waals surface area contributed by atoms with E-state index in [1.807, 2.05) is 12.1 Å². The first kappa shape index (κ1) is 22.5. The molecule has 7 nitrogen and oxygen atoms in total. The van der Waals surface area contributed by atoms with Crippen LogP contribution in [-0.4, -0.2) is 31.3 Å². The molecule has 4 aromatic rings. The summed E-state index contributed by atoms with van der Waals surface area (Å²) in [7, 11) is -2.55. The van der Waals surface area contributed by atoms with Crippen molar-refractivity contribution in [3.8, 4) is 26.7 Å². The molecule has 0 unspecified atom stereocenters. The molecular formula is C21H15Cl2N3O4S2. The van der Waals surface area contributed by atoms with E-state index in [-0.39, 0.29) is 10.6 Å². The fraction of sp³-hybridized carbons (Fsp3) is 0.0476. The highest BCUT2D eigenvalue weighted by Gasteiger charge is 2.20. The third-order valence-corrected chi connectivity index (χ3v) is 7.17. The number of methoxy groups -OCH3 is 1. The Bertz CT molecular complexity index is 1450. The first-order valence-electron chi connectivity index (χ1n) is 9.04. The standard InChI is InChI=1S/C21H15Cl2N3O4S2/c1-30-21(27)16-11-18(26(25-16)17-10-13(22)5-6-15(17)23)20-8-7-19(31-20)12-3-2-4-14(9-12)32(24,28)29/h2-11H,1H3,(H2,24,28,29). The van der Waals surface area contributed by atoms with E-state index in [1.54, 1.807) is 36.4 Å². The Hall–Kier alpha value is -2.69. The van der Waals surface area contributed by atoms with Crippen molar-refractivity contribution in [3.63, 3.8) is 0 Å². The van der Waals surface area contributed by atoms with Crippen molar-refractivity contribution in [1.82, 2.24) is 9.78 Å². The summed E-state index contributed by atoms with van der Waals surface area (Å²) in [4.78, 5) is 13.7. The molecule has 0 fully saturated rings. The van der Waals surface area contributed by atoms with Gasteiger partial charge < -0.3 is 4.74 Å². The maximum absolute atomic E-state index is 12.1. The molecule has 0 aliphatic carbocycles. The Balaban J connectivity index is 1.85. The molecule has 0 saturated heterocycles. The summed E-state index contributed by atoms with van der Waals surface area (Å²) in [6, 6.07) is 16.6. The molecule has 0 aliphatic rings. The Morgan fingerprint density at radius 2 is 1.81 bits per heavy atom. The fourth-order valence-electron chi connectivity index (χ4n) is 3.05. The smallest absolute Gasteiger partial charge is 0.358 e. The topological polar surface area (TPSA) is 104 Å². The van der Waals surface area contributed by atoms with Crippen molar-refractivity contribution >= 4 is 50.5 Å². The SMILES string of the molecule is COC(=O)c1cc(-c2ccc(-c3cccc(S(N)(=O)=O)c3)s2)n(-c2cc(Cl)ccc2Cl)n1. The van der Waals surface area contributed by atoms with Gasteiger partial charge in [-0.2, -0.15) is 5.10 Å². The third-order valence-electron chi connectivity index (χ3n) is 4.55. The third kappa shape index (κ3) is 4.43. The van der Waals surface area contributed by atoms with Crippen molar-refractivity contribution in [2.75, 3.05) is 7.11 Å². The van der Waals surface area contributed by atoms with Gasteiger partial charge in [0.05, 0.1) is 33.3 Å². The first-order chi connectivity index (χ1) is 15.2. The minimum absolute atomic E-state index is 0.0219. The van der Waals surface area contributed by atoms with Gasteiger partial charge in [-0.25, -0.2) is 23.0 Å². The zero-order valence-electron chi connectivity index (χ0n) is 16.5. The number of hydrogen-bond acceptors (Lipinski definition) is 6. The van der Waals surface area contributed by atoms with E-state index in [0.29, 0.717) is 27.0 Å². The molecular weight excluding hydrogens is 493 g/mol. The van der Waals surface area contributed by atoms with E-state index in [0.717, 1.165) is 9.75 Å². The van der Waals surface area contributed by atoms with Gasteiger partial charge in [-0.1, -0.05) is 35.3 Å². The van der Waals surface area contributed by atoms with E-state index in [9.17, 15) is 13.2 Å². The van der Waals surface area contributed by atoms with Crippen LogP contribution in [0, 0.1) is 0 Å². The molecule has 4 rings (SSSR count). The number of thiophene rings is 1. The predicted octanol–water partition coefficient (Wildman–Crippen LogP) is 5.01. The molecule has 2 aromatic heterocycles. The van der Waals surface area contributed by atoms with Crippen molar-refractivity contribution in [2.45, 2.75) is 4.90 Å². The number of nitrogens with zero attached hydrogens (tertiary/aromatic N) is 2. The minimum atomic E-state index is -3.83. The predicted molar refractivity (Wildman–Crippen MR) is 125 cm³/mol. The summed E-state index contributed by atoms with van der Waals surface area (Å²) in [5.41, 5.74) is 1.88. The monoisotopic (exact) mass is 507 g/mol. The van der Waals surface area contributed by atoms with Crippen LogP contribution in [-0.2, 0) is 14.8 Å². The number of benzene rings is 2. The van der Waals surface area contributed by atoms with Crippen molar-refractivity contribution in [1.29, 1.82) is 0 Å². The molecule has 0 saturated carbocycles. The zero-order valence-corrected chi connectivity index (χ0v) is 19.6. The maximum Gasteiger partial charge on any atom is 0.358 e. The normalized spacial score (nSPS) is 11.5. The number of carbonyl (C=O) groups excluding carboxylic acids is 1. The number of halogens is 2. The lowest BCUT2D eigenvalue weighted by Gasteiger charge is -2.08. The van der Waals surface area contributed by atoms with Gasteiger partial charge >= 0.3 is 5.97 Å². The summed E-state index contributed by atoms with van der Waals surface area (Å²) < 4.78 is 29.7. The molecule has 2 heterocycles. The maximum atomic E-state index is 12.1. The molecule has 0 atom stereocenters. The van der Waals surface area contributed by atoms with Crippen molar-refractivity contribution in [3.05, 3.63) is 76.4 Å². The van der Waals surface area contributed by atoms with Crippen LogP contribution >= 0.6 is 34.5 Å². The number of carbonyl (C=O) groups is 1. The number of primary sulfonamides is 1. The van der Waals surface area contributed by atoms with Crippen LogP contribution in [0.2, 0.25) is 10.0 Å². The molecule has 0 bridgehead atoms. The van der Waals surface area contributed by atoms with Crippen molar-refractivity contribution < 1.29 is 17.9 Å². The molecule has 164 valence electrons. The van der Waals surface area contributed by atoms with Crippen LogP contribution in [0.4, 0.5) is 0 Å². The van der Waals surface area contributed by atoms with E-state index < -0.39 is 16.0 Å². The van der Waals surface area contributed by atoms with Crippen LogP contribution in [0.1, 0.15) is 10.5 Å². The summed E-state index contributed by atoms with van der Waals surface area (Å²) in [6.45, 7) is 0. The van der Waals surface area contributed by atoms with E-state index in [4.69, 9.17) is 33.1 Å². The lowest BCUT2D eigenvalue weighted by atomic mass is 10.2.